The molecule has 0 aromatic heterocycles. The molecule has 0 aliphatic rings. The summed E-state index contributed by atoms with van der Waals surface area (Å²) in [5.74, 6) is -0.0235. The Kier molecular flexibility index (Phi) is 6.23. The SMILES string of the molecule is COc1ccc(Br)c(C(=O)OCC(=O)c2ccc(OC)c(Cl)c2)c1. The molecule has 5 nitrogen and oxygen atoms in total. The predicted molar refractivity (Wildman–Crippen MR) is 93.3 cm³/mol. The number of Topliss-reactive ketones (excluding diaryl/α,β-unsaturated/α-hetero) is 1. The Bertz CT molecular complexity index is 776. The van der Waals surface area contributed by atoms with Crippen molar-refractivity contribution in [1.82, 2.24) is 0 Å². The molecule has 0 saturated carbocycles. The van der Waals surface area contributed by atoms with E-state index in [1.807, 2.05) is 0 Å². The Morgan fingerprint density at radius 3 is 2.46 bits per heavy atom. The first-order chi connectivity index (χ1) is 11.5. The summed E-state index contributed by atoms with van der Waals surface area (Å²) < 4.78 is 15.7. The van der Waals surface area contributed by atoms with Crippen LogP contribution < -0.4 is 9.47 Å². The number of carbonyl (C=O) groups is 2. The fourth-order valence-electron chi connectivity index (χ4n) is 1.92. The fraction of sp³-hybridized carbons (Fsp3) is 0.176. The predicted octanol–water partition coefficient (Wildman–Crippen LogP) is 4.16. The van der Waals surface area contributed by atoms with Gasteiger partial charge in [0.15, 0.2) is 12.4 Å². The topological polar surface area (TPSA) is 61.8 Å². The Hall–Kier alpha value is -2.05. The second-order valence-electron chi connectivity index (χ2n) is 4.69. The van der Waals surface area contributed by atoms with Gasteiger partial charge in [-0.15, -0.1) is 0 Å². The molecule has 0 amide bonds. The van der Waals surface area contributed by atoms with Crippen LogP contribution >= 0.6 is 27.5 Å². The van der Waals surface area contributed by atoms with Crippen LogP contribution in [0, 0.1) is 0 Å². The number of ether oxygens (including phenoxy) is 3. The van der Waals surface area contributed by atoms with Crippen molar-refractivity contribution in [2.24, 2.45) is 0 Å². The summed E-state index contributed by atoms with van der Waals surface area (Å²) in [6, 6.07) is 9.50. The van der Waals surface area contributed by atoms with Gasteiger partial charge >= 0.3 is 5.97 Å². The van der Waals surface area contributed by atoms with E-state index in [1.165, 1.54) is 26.4 Å². The van der Waals surface area contributed by atoms with Crippen LogP contribution in [0.3, 0.4) is 0 Å². The number of halogens is 2. The molecule has 0 atom stereocenters. The molecular weight excluding hydrogens is 400 g/mol. The van der Waals surface area contributed by atoms with Crippen LogP contribution in [0.5, 0.6) is 11.5 Å². The molecular formula is C17H14BrClO5. The monoisotopic (exact) mass is 412 g/mol. The molecule has 0 fully saturated rings. The van der Waals surface area contributed by atoms with Gasteiger partial charge in [-0.1, -0.05) is 11.6 Å². The molecule has 0 bridgehead atoms. The Balaban J connectivity index is 2.06. The zero-order chi connectivity index (χ0) is 17.7. The summed E-state index contributed by atoms with van der Waals surface area (Å²) in [7, 11) is 2.98. The highest BCUT2D eigenvalue weighted by atomic mass is 79.9. The first kappa shape index (κ1) is 18.3. The van der Waals surface area contributed by atoms with Crippen molar-refractivity contribution in [1.29, 1.82) is 0 Å². The number of hydrogen-bond acceptors (Lipinski definition) is 5. The molecule has 126 valence electrons. The smallest absolute Gasteiger partial charge is 0.339 e. The summed E-state index contributed by atoms with van der Waals surface area (Å²) in [5, 5.41) is 0.310. The van der Waals surface area contributed by atoms with Gasteiger partial charge in [0.05, 0.1) is 24.8 Å². The lowest BCUT2D eigenvalue weighted by molar-refractivity contribution is 0.0473. The first-order valence-corrected chi connectivity index (χ1v) is 8.00. The Labute approximate surface area is 152 Å². The molecule has 2 aromatic rings. The lowest BCUT2D eigenvalue weighted by atomic mass is 10.1. The van der Waals surface area contributed by atoms with E-state index in [-0.39, 0.29) is 11.3 Å². The lowest BCUT2D eigenvalue weighted by Gasteiger charge is -2.08. The van der Waals surface area contributed by atoms with E-state index in [1.54, 1.807) is 24.3 Å². The molecule has 0 aliphatic heterocycles. The molecule has 0 spiro atoms. The van der Waals surface area contributed by atoms with Gasteiger partial charge in [0.25, 0.3) is 0 Å². The highest BCUT2D eigenvalue weighted by Crippen LogP contribution is 2.26. The van der Waals surface area contributed by atoms with Gasteiger partial charge in [-0.05, 0) is 52.3 Å². The molecule has 0 heterocycles. The number of methoxy groups -OCH3 is 2. The Morgan fingerprint density at radius 1 is 1.08 bits per heavy atom. The van der Waals surface area contributed by atoms with Crippen molar-refractivity contribution >= 4 is 39.3 Å². The van der Waals surface area contributed by atoms with E-state index in [2.05, 4.69) is 15.9 Å². The minimum atomic E-state index is -0.631. The third kappa shape index (κ3) is 4.27. The average Bonchev–Trinajstić information content (AvgIpc) is 2.59. The minimum absolute atomic E-state index is 0.273. The summed E-state index contributed by atoms with van der Waals surface area (Å²) in [6.45, 7) is -0.398. The number of ketones is 1. The summed E-state index contributed by atoms with van der Waals surface area (Å²) >= 11 is 9.25. The van der Waals surface area contributed by atoms with E-state index < -0.39 is 12.6 Å². The maximum Gasteiger partial charge on any atom is 0.339 e. The molecule has 24 heavy (non-hydrogen) atoms. The van der Waals surface area contributed by atoms with Crippen LogP contribution in [-0.2, 0) is 4.74 Å². The highest BCUT2D eigenvalue weighted by Gasteiger charge is 2.16. The van der Waals surface area contributed by atoms with Crippen molar-refractivity contribution in [3.8, 4) is 11.5 Å². The lowest BCUT2D eigenvalue weighted by Crippen LogP contribution is -2.14. The molecule has 7 heteroatoms. The largest absolute Gasteiger partial charge is 0.497 e. The van der Waals surface area contributed by atoms with Crippen LogP contribution in [0.4, 0.5) is 0 Å². The number of rotatable bonds is 6. The van der Waals surface area contributed by atoms with Crippen LogP contribution in [-0.4, -0.2) is 32.6 Å². The summed E-state index contributed by atoms with van der Waals surface area (Å²) in [5.41, 5.74) is 0.605. The quantitative estimate of drug-likeness (QED) is 0.526. The first-order valence-electron chi connectivity index (χ1n) is 6.83. The van der Waals surface area contributed by atoms with E-state index in [0.717, 1.165) is 0 Å². The average molecular weight is 414 g/mol. The van der Waals surface area contributed by atoms with Crippen molar-refractivity contribution in [2.45, 2.75) is 0 Å². The molecule has 0 N–H and O–H groups in total. The van der Waals surface area contributed by atoms with Gasteiger partial charge in [0, 0.05) is 10.0 Å². The molecule has 2 aromatic carbocycles. The maximum absolute atomic E-state index is 12.1. The molecule has 0 unspecified atom stereocenters. The fourth-order valence-corrected chi connectivity index (χ4v) is 2.59. The van der Waals surface area contributed by atoms with E-state index >= 15 is 0 Å². The molecule has 0 saturated heterocycles. The van der Waals surface area contributed by atoms with Gasteiger partial charge in [-0.25, -0.2) is 4.79 Å². The molecule has 2 rings (SSSR count). The van der Waals surface area contributed by atoms with Crippen molar-refractivity contribution < 1.29 is 23.8 Å². The van der Waals surface area contributed by atoms with Crippen molar-refractivity contribution in [2.75, 3.05) is 20.8 Å². The van der Waals surface area contributed by atoms with E-state index in [4.69, 9.17) is 25.8 Å². The van der Waals surface area contributed by atoms with Gasteiger partial charge in [0.2, 0.25) is 0 Å². The zero-order valence-electron chi connectivity index (χ0n) is 13.0. The number of benzene rings is 2. The highest BCUT2D eigenvalue weighted by molar-refractivity contribution is 9.10. The second kappa shape index (κ2) is 8.17. The van der Waals surface area contributed by atoms with Crippen LogP contribution in [0.1, 0.15) is 20.7 Å². The summed E-state index contributed by atoms with van der Waals surface area (Å²) in [6.07, 6.45) is 0. The summed E-state index contributed by atoms with van der Waals surface area (Å²) in [4.78, 5) is 24.3. The van der Waals surface area contributed by atoms with Gasteiger partial charge in [-0.2, -0.15) is 0 Å². The normalized spacial score (nSPS) is 10.2. The third-order valence-electron chi connectivity index (χ3n) is 3.20. The van der Waals surface area contributed by atoms with Gasteiger partial charge < -0.3 is 14.2 Å². The zero-order valence-corrected chi connectivity index (χ0v) is 15.3. The Morgan fingerprint density at radius 2 is 1.83 bits per heavy atom. The second-order valence-corrected chi connectivity index (χ2v) is 5.96. The number of esters is 1. The minimum Gasteiger partial charge on any atom is -0.497 e. The van der Waals surface area contributed by atoms with E-state index in [9.17, 15) is 9.59 Å². The standard InChI is InChI=1S/C17H14BrClO5/c1-22-11-4-5-13(18)12(8-11)17(21)24-9-15(20)10-3-6-16(23-2)14(19)7-10/h3-8H,9H2,1-2H3. The van der Waals surface area contributed by atoms with E-state index in [0.29, 0.717) is 26.6 Å². The van der Waals surface area contributed by atoms with Crippen LogP contribution in [0.15, 0.2) is 40.9 Å². The van der Waals surface area contributed by atoms with Gasteiger partial charge in [-0.3, -0.25) is 4.79 Å². The van der Waals surface area contributed by atoms with Crippen LogP contribution in [0.2, 0.25) is 5.02 Å². The molecule has 0 radical (unpaired) electrons. The van der Waals surface area contributed by atoms with Crippen molar-refractivity contribution in [3.63, 3.8) is 0 Å². The number of hydrogen-bond donors (Lipinski definition) is 0. The van der Waals surface area contributed by atoms with Gasteiger partial charge in [0.1, 0.15) is 11.5 Å². The maximum atomic E-state index is 12.1. The molecule has 0 aliphatic carbocycles. The number of carbonyl (C=O) groups excluding carboxylic acids is 2. The third-order valence-corrected chi connectivity index (χ3v) is 4.19. The van der Waals surface area contributed by atoms with Crippen molar-refractivity contribution in [3.05, 3.63) is 57.0 Å². The van der Waals surface area contributed by atoms with Crippen LogP contribution in [0.25, 0.3) is 0 Å².